The molecule has 0 heterocycles. The number of carbonyl (C=O) groups is 1. The Kier molecular flexibility index (Phi) is 4.84. The van der Waals surface area contributed by atoms with E-state index >= 15 is 0 Å². The summed E-state index contributed by atoms with van der Waals surface area (Å²) in [5, 5.41) is 2.85. The molecular weight excluding hydrogens is 188 g/mol. The molecule has 1 rings (SSSR count). The normalized spacial score (nSPS) is 12.1. The molecule has 15 heavy (non-hydrogen) atoms. The Morgan fingerprint density at radius 2 is 2.07 bits per heavy atom. The van der Waals surface area contributed by atoms with Gasteiger partial charge in [0.05, 0.1) is 0 Å². The van der Waals surface area contributed by atoms with Gasteiger partial charge in [-0.05, 0) is 12.0 Å². The molecule has 1 unspecified atom stereocenters. The minimum absolute atomic E-state index is 0.0215. The first-order valence-corrected chi connectivity index (χ1v) is 5.28. The third-order valence-electron chi connectivity index (χ3n) is 2.30. The second-order valence-electron chi connectivity index (χ2n) is 3.63. The van der Waals surface area contributed by atoms with Crippen molar-refractivity contribution in [2.24, 2.45) is 5.73 Å². The summed E-state index contributed by atoms with van der Waals surface area (Å²) in [6, 6.07) is 9.82. The van der Waals surface area contributed by atoms with E-state index in [-0.39, 0.29) is 11.9 Å². The molecular formula is C12H18N2O. The highest BCUT2D eigenvalue weighted by molar-refractivity contribution is 5.76. The molecule has 1 aromatic carbocycles. The van der Waals surface area contributed by atoms with Crippen molar-refractivity contribution in [3.63, 3.8) is 0 Å². The molecule has 1 aromatic rings. The third-order valence-corrected chi connectivity index (χ3v) is 2.30. The van der Waals surface area contributed by atoms with Crippen molar-refractivity contribution < 1.29 is 4.79 Å². The number of rotatable bonds is 5. The molecule has 0 aromatic heterocycles. The summed E-state index contributed by atoms with van der Waals surface area (Å²) >= 11 is 0. The van der Waals surface area contributed by atoms with Crippen molar-refractivity contribution in [1.82, 2.24) is 5.32 Å². The largest absolute Gasteiger partial charge is 0.352 e. The van der Waals surface area contributed by atoms with Gasteiger partial charge >= 0.3 is 0 Å². The summed E-state index contributed by atoms with van der Waals surface area (Å²) in [5.41, 5.74) is 6.79. The minimum atomic E-state index is -0.0271. The molecule has 0 bridgehead atoms. The van der Waals surface area contributed by atoms with Crippen LogP contribution in [0, 0.1) is 0 Å². The SMILES string of the molecule is CCC(N)CC(=O)NCc1ccccc1. The van der Waals surface area contributed by atoms with Crippen LogP contribution in [0.25, 0.3) is 0 Å². The van der Waals surface area contributed by atoms with Crippen molar-refractivity contribution in [1.29, 1.82) is 0 Å². The van der Waals surface area contributed by atoms with E-state index in [9.17, 15) is 4.79 Å². The van der Waals surface area contributed by atoms with Crippen LogP contribution in [0.4, 0.5) is 0 Å². The summed E-state index contributed by atoms with van der Waals surface area (Å²) in [6.45, 7) is 2.56. The molecule has 0 aliphatic rings. The molecule has 1 atom stereocenters. The zero-order valence-corrected chi connectivity index (χ0v) is 9.07. The molecule has 0 spiro atoms. The van der Waals surface area contributed by atoms with Crippen molar-refractivity contribution in [2.75, 3.05) is 0 Å². The number of hydrogen-bond donors (Lipinski definition) is 2. The first kappa shape index (κ1) is 11.7. The Balaban J connectivity index is 2.29. The van der Waals surface area contributed by atoms with E-state index in [1.54, 1.807) is 0 Å². The molecule has 0 saturated carbocycles. The summed E-state index contributed by atoms with van der Waals surface area (Å²) in [4.78, 5) is 11.4. The Morgan fingerprint density at radius 1 is 1.40 bits per heavy atom. The van der Waals surface area contributed by atoms with Crippen LogP contribution in [0.1, 0.15) is 25.3 Å². The molecule has 0 saturated heterocycles. The number of amides is 1. The second kappa shape index (κ2) is 6.19. The monoisotopic (exact) mass is 206 g/mol. The van der Waals surface area contributed by atoms with Gasteiger partial charge in [-0.15, -0.1) is 0 Å². The van der Waals surface area contributed by atoms with E-state index in [0.29, 0.717) is 13.0 Å². The average Bonchev–Trinajstić information content (AvgIpc) is 2.27. The number of carbonyl (C=O) groups excluding carboxylic acids is 1. The highest BCUT2D eigenvalue weighted by Gasteiger charge is 2.06. The second-order valence-corrected chi connectivity index (χ2v) is 3.63. The molecule has 0 fully saturated rings. The predicted molar refractivity (Wildman–Crippen MR) is 61.2 cm³/mol. The maximum Gasteiger partial charge on any atom is 0.221 e. The molecule has 3 heteroatoms. The van der Waals surface area contributed by atoms with Gasteiger partial charge in [-0.3, -0.25) is 4.79 Å². The van der Waals surface area contributed by atoms with Crippen LogP contribution in [-0.2, 0) is 11.3 Å². The minimum Gasteiger partial charge on any atom is -0.352 e. The van der Waals surface area contributed by atoms with Crippen LogP contribution in [0.5, 0.6) is 0 Å². The van der Waals surface area contributed by atoms with Crippen molar-refractivity contribution in [2.45, 2.75) is 32.4 Å². The topological polar surface area (TPSA) is 55.1 Å². The molecule has 0 radical (unpaired) electrons. The Labute approximate surface area is 90.7 Å². The number of hydrogen-bond acceptors (Lipinski definition) is 2. The highest BCUT2D eigenvalue weighted by Crippen LogP contribution is 1.98. The standard InChI is InChI=1S/C12H18N2O/c1-2-11(13)8-12(15)14-9-10-6-4-3-5-7-10/h3-7,11H,2,8-9,13H2,1H3,(H,14,15). The van der Waals surface area contributed by atoms with Gasteiger partial charge in [-0.1, -0.05) is 37.3 Å². The van der Waals surface area contributed by atoms with Gasteiger partial charge < -0.3 is 11.1 Å². The van der Waals surface area contributed by atoms with E-state index in [4.69, 9.17) is 5.73 Å². The number of nitrogens with two attached hydrogens (primary N) is 1. The fourth-order valence-corrected chi connectivity index (χ4v) is 1.25. The molecule has 82 valence electrons. The van der Waals surface area contributed by atoms with Gasteiger partial charge in [0.2, 0.25) is 5.91 Å². The Hall–Kier alpha value is -1.35. The van der Waals surface area contributed by atoms with E-state index in [1.807, 2.05) is 37.3 Å². The van der Waals surface area contributed by atoms with Gasteiger partial charge in [-0.2, -0.15) is 0 Å². The van der Waals surface area contributed by atoms with Crippen LogP contribution in [0.2, 0.25) is 0 Å². The summed E-state index contributed by atoms with van der Waals surface area (Å²) in [6.07, 6.45) is 1.24. The van der Waals surface area contributed by atoms with Gasteiger partial charge in [0, 0.05) is 19.0 Å². The lowest BCUT2D eigenvalue weighted by atomic mass is 10.1. The molecule has 3 nitrogen and oxygen atoms in total. The highest BCUT2D eigenvalue weighted by atomic mass is 16.1. The van der Waals surface area contributed by atoms with Crippen LogP contribution < -0.4 is 11.1 Å². The fourth-order valence-electron chi connectivity index (χ4n) is 1.25. The molecule has 0 aliphatic heterocycles. The number of benzene rings is 1. The quantitative estimate of drug-likeness (QED) is 0.765. The van der Waals surface area contributed by atoms with Gasteiger partial charge in [-0.25, -0.2) is 0 Å². The van der Waals surface area contributed by atoms with Crippen LogP contribution in [-0.4, -0.2) is 11.9 Å². The maximum absolute atomic E-state index is 11.4. The zero-order valence-electron chi connectivity index (χ0n) is 9.07. The average molecular weight is 206 g/mol. The molecule has 3 N–H and O–H groups in total. The predicted octanol–water partition coefficient (Wildman–Crippen LogP) is 1.43. The lowest BCUT2D eigenvalue weighted by molar-refractivity contribution is -0.121. The third kappa shape index (κ3) is 4.61. The molecule has 1 amide bonds. The smallest absolute Gasteiger partial charge is 0.221 e. The lowest BCUT2D eigenvalue weighted by Gasteiger charge is -2.09. The summed E-state index contributed by atoms with van der Waals surface area (Å²) in [7, 11) is 0. The first-order valence-electron chi connectivity index (χ1n) is 5.28. The van der Waals surface area contributed by atoms with Crippen molar-refractivity contribution >= 4 is 5.91 Å². The summed E-state index contributed by atoms with van der Waals surface area (Å²) < 4.78 is 0. The fraction of sp³-hybridized carbons (Fsp3) is 0.417. The van der Waals surface area contributed by atoms with Gasteiger partial charge in [0.1, 0.15) is 0 Å². The van der Waals surface area contributed by atoms with E-state index in [2.05, 4.69) is 5.32 Å². The Bertz CT molecular complexity index is 298. The van der Waals surface area contributed by atoms with Crippen LogP contribution in [0.15, 0.2) is 30.3 Å². The van der Waals surface area contributed by atoms with Crippen LogP contribution >= 0.6 is 0 Å². The number of nitrogens with one attached hydrogen (secondary N) is 1. The summed E-state index contributed by atoms with van der Waals surface area (Å²) in [5.74, 6) is 0.0215. The lowest BCUT2D eigenvalue weighted by Crippen LogP contribution is -2.30. The van der Waals surface area contributed by atoms with Crippen LogP contribution in [0.3, 0.4) is 0 Å². The van der Waals surface area contributed by atoms with Gasteiger partial charge in [0.15, 0.2) is 0 Å². The zero-order chi connectivity index (χ0) is 11.1. The Morgan fingerprint density at radius 3 is 2.67 bits per heavy atom. The maximum atomic E-state index is 11.4. The van der Waals surface area contributed by atoms with Crippen molar-refractivity contribution in [3.8, 4) is 0 Å². The van der Waals surface area contributed by atoms with E-state index in [0.717, 1.165) is 12.0 Å². The van der Waals surface area contributed by atoms with Crippen molar-refractivity contribution in [3.05, 3.63) is 35.9 Å². The van der Waals surface area contributed by atoms with Gasteiger partial charge in [0.25, 0.3) is 0 Å². The molecule has 0 aliphatic carbocycles. The first-order chi connectivity index (χ1) is 7.22. The van der Waals surface area contributed by atoms with E-state index < -0.39 is 0 Å². The van der Waals surface area contributed by atoms with E-state index in [1.165, 1.54) is 0 Å².